The van der Waals surface area contributed by atoms with E-state index in [0.29, 0.717) is 93.0 Å². The summed E-state index contributed by atoms with van der Waals surface area (Å²) in [5.74, 6) is 2.44. The Bertz CT molecular complexity index is 3170. The number of benzene rings is 4. The summed E-state index contributed by atoms with van der Waals surface area (Å²) in [6, 6.07) is 22.9. The van der Waals surface area contributed by atoms with E-state index in [1.54, 1.807) is 16.7 Å². The Kier molecular flexibility index (Phi) is 15.1. The van der Waals surface area contributed by atoms with Crippen molar-refractivity contribution in [3.8, 4) is 34.3 Å². The molecule has 6 aromatic rings. The third kappa shape index (κ3) is 11.4. The molecule has 11 rings (SSSR count). The van der Waals surface area contributed by atoms with Crippen molar-refractivity contribution in [2.75, 3.05) is 100 Å². The molecule has 6 heterocycles. The summed E-state index contributed by atoms with van der Waals surface area (Å²) < 4.78 is 1.69. The minimum absolute atomic E-state index is 0.00342. The van der Waals surface area contributed by atoms with Gasteiger partial charge in [0.05, 0.1) is 17.8 Å². The lowest BCUT2D eigenvalue weighted by molar-refractivity contribution is -0.132. The van der Waals surface area contributed by atoms with E-state index in [9.17, 15) is 29.7 Å². The quantitative estimate of drug-likeness (QED) is 0.0718. The van der Waals surface area contributed by atoms with Gasteiger partial charge in [0.2, 0.25) is 23.6 Å². The summed E-state index contributed by atoms with van der Waals surface area (Å²) in [7, 11) is 0. The third-order valence-electron chi connectivity index (χ3n) is 16.7. The van der Waals surface area contributed by atoms with Crippen LogP contribution in [0.4, 0.5) is 17.5 Å². The Hall–Kier alpha value is -7.51. The molecule has 0 bridgehead atoms. The van der Waals surface area contributed by atoms with Gasteiger partial charge >= 0.3 is 0 Å². The lowest BCUT2D eigenvalue weighted by Crippen LogP contribution is -2.49. The second-order valence-electron chi connectivity index (χ2n) is 22.2. The Morgan fingerprint density at radius 3 is 2.21 bits per heavy atom. The molecule has 4 aromatic carbocycles. The smallest absolute Gasteiger partial charge is 0.290 e. The molecule has 0 radical (unpaired) electrons. The first-order valence-electron chi connectivity index (χ1n) is 28.1. The number of aromatic nitrogens is 5. The van der Waals surface area contributed by atoms with Crippen LogP contribution < -0.4 is 20.4 Å². The predicted octanol–water partition coefficient (Wildman–Crippen LogP) is 6.32. The first-order chi connectivity index (χ1) is 37.8. The zero-order chi connectivity index (χ0) is 54.1. The number of amides is 3. The number of piperazine rings is 2. The van der Waals surface area contributed by atoms with Gasteiger partial charge in [-0.1, -0.05) is 50.2 Å². The highest BCUT2D eigenvalue weighted by Gasteiger charge is 2.40. The zero-order valence-corrected chi connectivity index (χ0v) is 45.3. The van der Waals surface area contributed by atoms with Crippen molar-refractivity contribution in [1.82, 2.24) is 49.6 Å². The van der Waals surface area contributed by atoms with Crippen molar-refractivity contribution in [1.29, 1.82) is 0 Å². The highest BCUT2D eigenvalue weighted by atomic mass is 16.3. The van der Waals surface area contributed by atoms with E-state index in [0.717, 1.165) is 130 Å². The second-order valence-corrected chi connectivity index (χ2v) is 22.2. The van der Waals surface area contributed by atoms with Crippen molar-refractivity contribution < 1.29 is 29.7 Å². The van der Waals surface area contributed by atoms with E-state index in [1.807, 2.05) is 67.0 Å². The molecule has 1 aliphatic carbocycles. The van der Waals surface area contributed by atoms with Crippen molar-refractivity contribution in [3.05, 3.63) is 101 Å². The normalized spacial score (nSPS) is 18.0. The summed E-state index contributed by atoms with van der Waals surface area (Å²) in [6.07, 6.45) is 5.88. The fraction of sp³-hybridized carbons (Fsp3) is 0.475. The van der Waals surface area contributed by atoms with Gasteiger partial charge in [0.15, 0.2) is 5.82 Å². The van der Waals surface area contributed by atoms with Crippen LogP contribution in [0.15, 0.2) is 72.8 Å². The Labute approximate surface area is 455 Å². The molecule has 78 heavy (non-hydrogen) atoms. The van der Waals surface area contributed by atoms with Crippen molar-refractivity contribution in [2.45, 2.75) is 90.8 Å². The fourth-order valence-electron chi connectivity index (χ4n) is 11.8. The van der Waals surface area contributed by atoms with Crippen LogP contribution in [0.1, 0.15) is 92.3 Å². The number of carbonyl (C=O) groups is 3. The Balaban J connectivity index is 0.665. The number of rotatable bonds is 16. The molecule has 19 heteroatoms. The number of fused-ring (bicyclic) bond motifs is 2. The molecule has 19 nitrogen and oxygen atoms in total. The summed E-state index contributed by atoms with van der Waals surface area (Å²) in [5.41, 5.74) is 5.62. The molecule has 2 aromatic heterocycles. The molecule has 5 aliphatic rings. The highest BCUT2D eigenvalue weighted by molar-refractivity contribution is 5.96. The van der Waals surface area contributed by atoms with Crippen LogP contribution in [0.25, 0.3) is 27.8 Å². The minimum Gasteiger partial charge on any atom is -0.508 e. The largest absolute Gasteiger partial charge is 0.508 e. The molecule has 0 atom stereocenters. The standard InChI is InChI=1S/C59H73N13O6/c1-4-41-33-47(51(75)35-50(41)74)55-64-65-56(57(78)63-59(3)18-19-59)72(55)43-12-10-39(11-13-43)36-66-24-26-67(27-25-66)37-40-15-21-68(22-16-40)53(77)14-20-60-58-61-48-38-71(49-34-44(73)32-42-8-6-7-9-45(42)49)23-17-46(48)54(62-58)70-30-28-69(29-31-70)52(76)5-2/h6-13,32-35,40,73-75H,4-5,14-31,36-38H2,1-3H3,(H,63,78)(H,60,61,62). The van der Waals surface area contributed by atoms with Crippen molar-refractivity contribution in [3.63, 3.8) is 0 Å². The number of likely N-dealkylation sites (tertiary alicyclic amines) is 1. The van der Waals surface area contributed by atoms with Gasteiger partial charge in [0, 0.05) is 144 Å². The van der Waals surface area contributed by atoms with Gasteiger partial charge in [-0.2, -0.15) is 4.98 Å². The van der Waals surface area contributed by atoms with Gasteiger partial charge in [0.25, 0.3) is 5.91 Å². The molecule has 0 spiro atoms. The molecule has 1 saturated carbocycles. The highest BCUT2D eigenvalue weighted by Crippen LogP contribution is 2.39. The fourth-order valence-corrected chi connectivity index (χ4v) is 11.8. The number of phenols is 3. The maximum absolute atomic E-state index is 13.7. The summed E-state index contributed by atoms with van der Waals surface area (Å²) >= 11 is 0. The number of nitrogens with zero attached hydrogens (tertiary/aromatic N) is 11. The van der Waals surface area contributed by atoms with E-state index >= 15 is 0 Å². The van der Waals surface area contributed by atoms with Gasteiger partial charge in [-0.15, -0.1) is 10.2 Å². The second kappa shape index (κ2) is 22.5. The van der Waals surface area contributed by atoms with Crippen LogP contribution in [0.3, 0.4) is 0 Å². The Morgan fingerprint density at radius 2 is 1.47 bits per heavy atom. The van der Waals surface area contributed by atoms with Gasteiger partial charge < -0.3 is 50.5 Å². The number of phenolic OH excluding ortho intramolecular Hbond substituents is 3. The lowest BCUT2D eigenvalue weighted by Gasteiger charge is -2.39. The SMILES string of the molecule is CCC(=O)N1CCN(c2nc(NCCC(=O)N3CCC(CN4CCN(Cc5ccc(-n6c(C(=O)NC7(C)CC7)nnc6-c6cc(CC)c(O)cc6O)cc5)CC4)CC3)nc3c2CCN(c2cc(O)cc4ccccc24)C3)CC1. The van der Waals surface area contributed by atoms with E-state index in [2.05, 4.69) is 58.6 Å². The molecular weight excluding hydrogens is 987 g/mol. The number of hydrogen-bond donors (Lipinski definition) is 5. The molecule has 4 aliphatic heterocycles. The van der Waals surface area contributed by atoms with Crippen molar-refractivity contribution in [2.24, 2.45) is 5.92 Å². The zero-order valence-electron chi connectivity index (χ0n) is 45.3. The van der Waals surface area contributed by atoms with Crippen molar-refractivity contribution >= 4 is 45.9 Å². The Morgan fingerprint density at radius 1 is 0.744 bits per heavy atom. The van der Waals surface area contributed by atoms with E-state index in [1.165, 1.54) is 6.07 Å². The third-order valence-corrected chi connectivity index (χ3v) is 16.7. The number of anilines is 3. The molecule has 0 unspecified atom stereocenters. The average molecular weight is 1060 g/mol. The van der Waals surface area contributed by atoms with E-state index < -0.39 is 0 Å². The number of nitrogens with one attached hydrogen (secondary N) is 2. The number of piperidine rings is 1. The summed E-state index contributed by atoms with van der Waals surface area (Å²) in [4.78, 5) is 63.5. The predicted molar refractivity (Wildman–Crippen MR) is 300 cm³/mol. The number of aromatic hydroxyl groups is 3. The van der Waals surface area contributed by atoms with E-state index in [4.69, 9.17) is 9.97 Å². The van der Waals surface area contributed by atoms with Crippen LogP contribution in [-0.4, -0.2) is 168 Å². The molecule has 4 fully saturated rings. The van der Waals surface area contributed by atoms with Crippen LogP contribution >= 0.6 is 0 Å². The summed E-state index contributed by atoms with van der Waals surface area (Å²) in [5, 5.41) is 49.3. The van der Waals surface area contributed by atoms with Crippen LogP contribution in [0.5, 0.6) is 17.2 Å². The molecule has 3 amide bonds. The average Bonchev–Trinajstić information content (AvgIpc) is 4.06. The van der Waals surface area contributed by atoms with Crippen LogP contribution in [0, 0.1) is 5.92 Å². The first-order valence-corrected chi connectivity index (χ1v) is 28.1. The van der Waals surface area contributed by atoms with Gasteiger partial charge in [0.1, 0.15) is 23.1 Å². The van der Waals surface area contributed by atoms with Gasteiger partial charge in [-0.3, -0.25) is 23.9 Å². The van der Waals surface area contributed by atoms with Crippen LogP contribution in [0.2, 0.25) is 0 Å². The number of aryl methyl sites for hydroxylation is 1. The molecule has 3 saturated heterocycles. The minimum atomic E-state index is -0.329. The number of hydrogen-bond acceptors (Lipinski definition) is 15. The maximum Gasteiger partial charge on any atom is 0.290 e. The van der Waals surface area contributed by atoms with E-state index in [-0.39, 0.29) is 46.3 Å². The molecule has 5 N–H and O–H groups in total. The summed E-state index contributed by atoms with van der Waals surface area (Å²) in [6.45, 7) is 17.4. The molecule has 410 valence electrons. The lowest BCUT2D eigenvalue weighted by atomic mass is 9.95. The number of carbonyl (C=O) groups excluding carboxylic acids is 3. The van der Waals surface area contributed by atoms with Gasteiger partial charge in [-0.05, 0) is 92.1 Å². The first kappa shape index (κ1) is 52.5. The topological polar surface area (TPSA) is 212 Å². The maximum atomic E-state index is 13.7. The van der Waals surface area contributed by atoms with Gasteiger partial charge in [-0.25, -0.2) is 4.98 Å². The molecular formula is C59H73N13O6. The van der Waals surface area contributed by atoms with Crippen LogP contribution in [-0.2, 0) is 35.5 Å². The monoisotopic (exact) mass is 1060 g/mol.